The number of aryl methyl sites for hydroxylation is 1. The Balaban J connectivity index is 1.95. The van der Waals surface area contributed by atoms with Crippen molar-refractivity contribution in [2.24, 2.45) is 0 Å². The van der Waals surface area contributed by atoms with Crippen molar-refractivity contribution in [3.63, 3.8) is 0 Å². The summed E-state index contributed by atoms with van der Waals surface area (Å²) in [6, 6.07) is 11.5. The summed E-state index contributed by atoms with van der Waals surface area (Å²) in [6.07, 6.45) is 3.16. The zero-order valence-corrected chi connectivity index (χ0v) is 14.1. The van der Waals surface area contributed by atoms with E-state index in [9.17, 15) is 12.8 Å². The molecule has 0 bridgehead atoms. The van der Waals surface area contributed by atoms with Crippen molar-refractivity contribution in [1.29, 1.82) is 0 Å². The third-order valence-corrected chi connectivity index (χ3v) is 4.83. The van der Waals surface area contributed by atoms with Crippen LogP contribution in [0.4, 0.5) is 21.7 Å². The zero-order valence-electron chi connectivity index (χ0n) is 13.3. The van der Waals surface area contributed by atoms with Crippen molar-refractivity contribution in [1.82, 2.24) is 9.97 Å². The van der Waals surface area contributed by atoms with Gasteiger partial charge in [0.1, 0.15) is 5.82 Å². The van der Waals surface area contributed by atoms with Crippen LogP contribution in [0.2, 0.25) is 0 Å². The maximum absolute atomic E-state index is 13.0. The second kappa shape index (κ2) is 6.86. The molecule has 0 fully saturated rings. The van der Waals surface area contributed by atoms with E-state index in [1.54, 1.807) is 30.6 Å². The fourth-order valence-electron chi connectivity index (χ4n) is 2.21. The predicted octanol–water partition coefficient (Wildman–Crippen LogP) is 3.47. The number of aromatic nitrogens is 2. The minimum atomic E-state index is -3.86. The molecule has 0 amide bonds. The molecule has 0 aliphatic heterocycles. The predicted molar refractivity (Wildman–Crippen MR) is 93.7 cm³/mol. The van der Waals surface area contributed by atoms with Gasteiger partial charge in [0, 0.05) is 12.4 Å². The summed E-state index contributed by atoms with van der Waals surface area (Å²) in [5, 5.41) is 3.01. The van der Waals surface area contributed by atoms with Crippen LogP contribution in [-0.4, -0.2) is 18.4 Å². The van der Waals surface area contributed by atoms with E-state index >= 15 is 0 Å². The van der Waals surface area contributed by atoms with Crippen LogP contribution in [0.3, 0.4) is 0 Å². The number of nitrogens with zero attached hydrogens (tertiary/aromatic N) is 2. The molecule has 0 aliphatic carbocycles. The smallest absolute Gasteiger partial charge is 0.261 e. The lowest BCUT2D eigenvalue weighted by molar-refractivity contribution is 0.599. The van der Waals surface area contributed by atoms with Gasteiger partial charge >= 0.3 is 0 Å². The minimum Gasteiger partial charge on any atom is -0.322 e. The third-order valence-electron chi connectivity index (χ3n) is 3.44. The Labute approximate surface area is 144 Å². The van der Waals surface area contributed by atoms with Crippen molar-refractivity contribution in [2.75, 3.05) is 10.0 Å². The van der Waals surface area contributed by atoms with Gasteiger partial charge in [-0.25, -0.2) is 22.8 Å². The molecule has 25 heavy (non-hydrogen) atoms. The van der Waals surface area contributed by atoms with Crippen LogP contribution in [0, 0.1) is 12.7 Å². The van der Waals surface area contributed by atoms with Crippen LogP contribution in [0.15, 0.2) is 65.8 Å². The van der Waals surface area contributed by atoms with Gasteiger partial charge in [-0.2, -0.15) is 0 Å². The molecule has 2 aromatic carbocycles. The number of anilines is 3. The summed E-state index contributed by atoms with van der Waals surface area (Å²) in [7, 11) is -3.86. The lowest BCUT2D eigenvalue weighted by Gasteiger charge is -2.15. The van der Waals surface area contributed by atoms with Crippen molar-refractivity contribution in [2.45, 2.75) is 11.8 Å². The van der Waals surface area contributed by atoms with Gasteiger partial charge < -0.3 is 5.32 Å². The Kier molecular flexibility index (Phi) is 4.62. The molecular formula is C17H15FN4O2S. The standard InChI is InChI=1S/C17H15FN4O2S/c1-12-4-2-5-15(16(12)21-17-19-10-3-11-20-17)22-25(23,24)14-8-6-13(18)7-9-14/h2-11,22H,1H3,(H,19,20,21). The van der Waals surface area contributed by atoms with Gasteiger partial charge in [-0.05, 0) is 48.9 Å². The van der Waals surface area contributed by atoms with Crippen LogP contribution >= 0.6 is 0 Å². The highest BCUT2D eigenvalue weighted by atomic mass is 32.2. The van der Waals surface area contributed by atoms with Gasteiger partial charge in [-0.3, -0.25) is 4.72 Å². The van der Waals surface area contributed by atoms with Crippen molar-refractivity contribution in [3.05, 3.63) is 72.3 Å². The van der Waals surface area contributed by atoms with Crippen LogP contribution in [0.25, 0.3) is 0 Å². The SMILES string of the molecule is Cc1cccc(NS(=O)(=O)c2ccc(F)cc2)c1Nc1ncccn1. The molecule has 3 rings (SSSR count). The van der Waals surface area contributed by atoms with E-state index in [1.807, 2.05) is 13.0 Å². The first-order valence-electron chi connectivity index (χ1n) is 7.38. The molecule has 0 unspecified atom stereocenters. The number of hydrogen-bond acceptors (Lipinski definition) is 5. The maximum atomic E-state index is 13.0. The lowest BCUT2D eigenvalue weighted by Crippen LogP contribution is -2.14. The molecule has 3 aromatic rings. The molecule has 0 radical (unpaired) electrons. The molecular weight excluding hydrogens is 343 g/mol. The molecule has 1 heterocycles. The fourth-order valence-corrected chi connectivity index (χ4v) is 3.28. The van der Waals surface area contributed by atoms with E-state index in [2.05, 4.69) is 20.0 Å². The molecule has 0 aliphatic rings. The number of benzene rings is 2. The normalized spacial score (nSPS) is 11.1. The Hall–Kier alpha value is -3.00. The first-order chi connectivity index (χ1) is 12.0. The van der Waals surface area contributed by atoms with Crippen LogP contribution in [-0.2, 0) is 10.0 Å². The molecule has 8 heteroatoms. The van der Waals surface area contributed by atoms with Crippen molar-refractivity contribution in [3.8, 4) is 0 Å². The van der Waals surface area contributed by atoms with Gasteiger partial charge in [0.15, 0.2) is 0 Å². The molecule has 6 nitrogen and oxygen atoms in total. The largest absolute Gasteiger partial charge is 0.322 e. The summed E-state index contributed by atoms with van der Waals surface area (Å²) in [5.74, 6) is -0.155. The van der Waals surface area contributed by atoms with Crippen LogP contribution < -0.4 is 10.0 Å². The summed E-state index contributed by atoms with van der Waals surface area (Å²) in [6.45, 7) is 1.83. The minimum absolute atomic E-state index is 0.0303. The van der Waals surface area contributed by atoms with Crippen LogP contribution in [0.5, 0.6) is 0 Å². The number of sulfonamides is 1. The number of hydrogen-bond donors (Lipinski definition) is 2. The number of rotatable bonds is 5. The summed E-state index contributed by atoms with van der Waals surface area (Å²) in [5.41, 5.74) is 1.70. The van der Waals surface area contributed by atoms with E-state index in [-0.39, 0.29) is 4.90 Å². The quantitative estimate of drug-likeness (QED) is 0.730. The Bertz CT molecular complexity index is 977. The third kappa shape index (κ3) is 3.92. The van der Waals surface area contributed by atoms with E-state index in [0.29, 0.717) is 17.3 Å². The number of para-hydroxylation sites is 1. The van der Waals surface area contributed by atoms with Crippen molar-refractivity contribution >= 4 is 27.3 Å². The second-order valence-electron chi connectivity index (χ2n) is 5.25. The van der Waals surface area contributed by atoms with Gasteiger partial charge in [0.05, 0.1) is 16.3 Å². The van der Waals surface area contributed by atoms with E-state index in [4.69, 9.17) is 0 Å². The monoisotopic (exact) mass is 358 g/mol. The molecule has 0 atom stereocenters. The molecule has 0 saturated carbocycles. The summed E-state index contributed by atoms with van der Waals surface area (Å²) < 4.78 is 40.6. The highest BCUT2D eigenvalue weighted by Crippen LogP contribution is 2.29. The fraction of sp³-hybridized carbons (Fsp3) is 0.0588. The first kappa shape index (κ1) is 16.8. The second-order valence-corrected chi connectivity index (χ2v) is 6.94. The highest BCUT2D eigenvalue weighted by Gasteiger charge is 2.17. The summed E-state index contributed by atoms with van der Waals surface area (Å²) in [4.78, 5) is 8.13. The molecule has 0 saturated heterocycles. The Morgan fingerprint density at radius 1 is 0.960 bits per heavy atom. The van der Waals surface area contributed by atoms with E-state index in [0.717, 1.165) is 17.7 Å². The molecule has 128 valence electrons. The Morgan fingerprint density at radius 2 is 1.64 bits per heavy atom. The molecule has 1 aromatic heterocycles. The number of halogens is 1. The van der Waals surface area contributed by atoms with Crippen LogP contribution in [0.1, 0.15) is 5.56 Å². The topological polar surface area (TPSA) is 84.0 Å². The molecule has 0 spiro atoms. The Morgan fingerprint density at radius 3 is 2.32 bits per heavy atom. The lowest BCUT2D eigenvalue weighted by atomic mass is 10.2. The van der Waals surface area contributed by atoms with Gasteiger partial charge in [-0.15, -0.1) is 0 Å². The number of nitrogens with one attached hydrogen (secondary N) is 2. The zero-order chi connectivity index (χ0) is 17.9. The van der Waals surface area contributed by atoms with Gasteiger partial charge in [0.2, 0.25) is 5.95 Å². The van der Waals surface area contributed by atoms with E-state index < -0.39 is 15.8 Å². The average Bonchev–Trinajstić information content (AvgIpc) is 2.59. The molecule has 2 N–H and O–H groups in total. The maximum Gasteiger partial charge on any atom is 0.261 e. The van der Waals surface area contributed by atoms with Gasteiger partial charge in [0.25, 0.3) is 10.0 Å². The first-order valence-corrected chi connectivity index (χ1v) is 8.86. The average molecular weight is 358 g/mol. The van der Waals surface area contributed by atoms with Gasteiger partial charge in [-0.1, -0.05) is 12.1 Å². The highest BCUT2D eigenvalue weighted by molar-refractivity contribution is 7.92. The van der Waals surface area contributed by atoms with E-state index in [1.165, 1.54) is 12.1 Å². The summed E-state index contributed by atoms with van der Waals surface area (Å²) >= 11 is 0. The van der Waals surface area contributed by atoms with Crippen molar-refractivity contribution < 1.29 is 12.8 Å².